The molecule has 0 spiro atoms. The number of carbonyl (C=O) groups excluding carboxylic acids is 1. The smallest absolute Gasteiger partial charge is 0.408 e. The number of halogens is 3. The van der Waals surface area contributed by atoms with Crippen LogP contribution in [0.1, 0.15) is 43.2 Å². The number of alkyl halides is 3. The zero-order valence-electron chi connectivity index (χ0n) is 22.8. The van der Waals surface area contributed by atoms with E-state index in [0.29, 0.717) is 38.0 Å². The fourth-order valence-corrected chi connectivity index (χ4v) is 4.25. The average molecular weight is 576 g/mol. The van der Waals surface area contributed by atoms with Crippen LogP contribution in [-0.4, -0.2) is 73.9 Å². The molecule has 4 heterocycles. The number of amides is 1. The van der Waals surface area contributed by atoms with Crippen molar-refractivity contribution >= 4 is 17.7 Å². The average Bonchev–Trinajstić information content (AvgIpc) is 3.68. The number of hydrogen-bond donors (Lipinski definition) is 2. The van der Waals surface area contributed by atoms with E-state index in [1.807, 2.05) is 34.1 Å². The molecule has 41 heavy (non-hydrogen) atoms. The molecule has 3 aromatic heterocycles. The molecule has 1 amide bonds. The van der Waals surface area contributed by atoms with E-state index in [2.05, 4.69) is 24.9 Å². The molecule has 0 radical (unpaired) electrons. The highest BCUT2D eigenvalue weighted by atomic mass is 19.4. The lowest BCUT2D eigenvalue weighted by Crippen LogP contribution is -2.44. The van der Waals surface area contributed by atoms with Crippen LogP contribution in [0.4, 0.5) is 24.9 Å². The predicted octanol–water partition coefficient (Wildman–Crippen LogP) is 3.01. The Bertz CT molecular complexity index is 1370. The maximum Gasteiger partial charge on any atom is 0.408 e. The van der Waals surface area contributed by atoms with Crippen molar-refractivity contribution in [3.63, 3.8) is 0 Å². The number of nitrogen functional groups attached to an aromatic ring is 1. The fourth-order valence-electron chi connectivity index (χ4n) is 4.25. The molecule has 3 N–H and O–H groups in total. The van der Waals surface area contributed by atoms with Crippen LogP contribution in [0.25, 0.3) is 11.3 Å². The van der Waals surface area contributed by atoms with Gasteiger partial charge in [-0.05, 0) is 50.5 Å². The minimum atomic E-state index is -4.60. The van der Waals surface area contributed by atoms with Crippen LogP contribution < -0.4 is 25.4 Å². The number of nitrogens with two attached hydrogens (primary N) is 1. The van der Waals surface area contributed by atoms with E-state index in [-0.39, 0.29) is 23.7 Å². The Balaban J connectivity index is 1.22. The highest BCUT2D eigenvalue weighted by Crippen LogP contribution is 2.30. The Morgan fingerprint density at radius 1 is 1.10 bits per heavy atom. The number of nitrogens with zero attached hydrogens (tertiary/aromatic N) is 7. The molecular formula is C26H32F3N9O3. The van der Waals surface area contributed by atoms with Crippen molar-refractivity contribution in [2.45, 2.75) is 44.8 Å². The van der Waals surface area contributed by atoms with E-state index in [4.69, 9.17) is 15.2 Å². The summed E-state index contributed by atoms with van der Waals surface area (Å²) in [4.78, 5) is 35.5. The molecule has 1 aliphatic heterocycles. The van der Waals surface area contributed by atoms with Gasteiger partial charge in [-0.15, -0.1) is 0 Å². The van der Waals surface area contributed by atoms with Crippen molar-refractivity contribution < 1.29 is 27.4 Å². The number of aromatic nitrogens is 6. The largest absolute Gasteiger partial charge is 0.489 e. The van der Waals surface area contributed by atoms with Crippen molar-refractivity contribution in [3.05, 3.63) is 30.6 Å². The number of carbonyl (C=O) groups is 1. The molecule has 1 atom stereocenters. The summed E-state index contributed by atoms with van der Waals surface area (Å²) in [6.45, 7) is 2.74. The van der Waals surface area contributed by atoms with Crippen molar-refractivity contribution in [1.82, 2.24) is 34.8 Å². The number of anilines is 2. The van der Waals surface area contributed by atoms with Crippen LogP contribution >= 0.6 is 0 Å². The predicted molar refractivity (Wildman–Crippen MR) is 142 cm³/mol. The summed E-state index contributed by atoms with van der Waals surface area (Å²) in [7, 11) is 1.88. The van der Waals surface area contributed by atoms with E-state index in [1.54, 1.807) is 12.5 Å². The minimum absolute atomic E-state index is 0.0760. The van der Waals surface area contributed by atoms with Crippen LogP contribution in [0.15, 0.2) is 24.8 Å². The summed E-state index contributed by atoms with van der Waals surface area (Å²) in [5.74, 6) is 0.0852. The quantitative estimate of drug-likeness (QED) is 0.370. The Labute approximate surface area is 234 Å². The van der Waals surface area contributed by atoms with Crippen LogP contribution in [0.3, 0.4) is 0 Å². The summed E-state index contributed by atoms with van der Waals surface area (Å²) >= 11 is 0. The molecular weight excluding hydrogens is 543 g/mol. The zero-order chi connectivity index (χ0) is 29.1. The molecule has 0 bridgehead atoms. The molecule has 1 saturated carbocycles. The van der Waals surface area contributed by atoms with Gasteiger partial charge in [-0.25, -0.2) is 9.97 Å². The van der Waals surface area contributed by atoms with E-state index in [1.165, 1.54) is 0 Å². The molecule has 1 aliphatic carbocycles. The lowest BCUT2D eigenvalue weighted by molar-refractivity contribution is -0.149. The van der Waals surface area contributed by atoms with Crippen molar-refractivity contribution in [2.24, 2.45) is 18.9 Å². The summed E-state index contributed by atoms with van der Waals surface area (Å²) in [5, 5.41) is 1.90. The Morgan fingerprint density at radius 2 is 1.80 bits per heavy atom. The Kier molecular flexibility index (Phi) is 8.13. The number of ether oxygens (including phenoxy) is 2. The lowest BCUT2D eigenvalue weighted by Gasteiger charge is -2.32. The number of piperidine rings is 1. The summed E-state index contributed by atoms with van der Waals surface area (Å²) in [6, 6.07) is -0.316. The van der Waals surface area contributed by atoms with Crippen LogP contribution in [0, 0.1) is 11.8 Å². The van der Waals surface area contributed by atoms with Gasteiger partial charge in [0, 0.05) is 38.1 Å². The third kappa shape index (κ3) is 7.32. The van der Waals surface area contributed by atoms with Gasteiger partial charge in [0.05, 0.1) is 25.2 Å². The first kappa shape index (κ1) is 28.4. The summed E-state index contributed by atoms with van der Waals surface area (Å²) < 4.78 is 52.5. The van der Waals surface area contributed by atoms with E-state index in [0.717, 1.165) is 43.9 Å². The standard InChI is InChI=1S/C26H32F3N9O3/c1-15(26(27,28)29)33-23(39)22-34-24(36-25(35-22)41-13-16-3-4-16)38-7-5-17(6-8-38)12-40-20-9-18(10-31-21(20)30)19-11-37(2)14-32-19/h9-11,14-17H,3-8,12-13H2,1-2H3,(H2,30,31)(H,33,39)/t15-/m0/s1. The molecule has 5 rings (SSSR count). The van der Waals surface area contributed by atoms with Crippen LogP contribution in [0.2, 0.25) is 0 Å². The van der Waals surface area contributed by atoms with Gasteiger partial charge in [0.2, 0.25) is 11.8 Å². The lowest BCUT2D eigenvalue weighted by atomic mass is 9.98. The first-order valence-corrected chi connectivity index (χ1v) is 13.4. The third-order valence-corrected chi connectivity index (χ3v) is 7.04. The van der Waals surface area contributed by atoms with Gasteiger partial charge in [-0.3, -0.25) is 4.79 Å². The number of rotatable bonds is 10. The molecule has 12 nitrogen and oxygen atoms in total. The van der Waals surface area contributed by atoms with Gasteiger partial charge in [-0.1, -0.05) is 0 Å². The fraction of sp³-hybridized carbons (Fsp3) is 0.538. The molecule has 3 aromatic rings. The van der Waals surface area contributed by atoms with Crippen molar-refractivity contribution in [3.8, 4) is 23.0 Å². The van der Waals surface area contributed by atoms with Gasteiger partial charge >= 0.3 is 12.2 Å². The molecule has 2 fully saturated rings. The van der Waals surface area contributed by atoms with Gasteiger partial charge in [0.1, 0.15) is 6.04 Å². The summed E-state index contributed by atoms with van der Waals surface area (Å²) in [5.41, 5.74) is 7.60. The Hall–Kier alpha value is -4.17. The molecule has 1 saturated heterocycles. The second-order valence-corrected chi connectivity index (χ2v) is 10.5. The Morgan fingerprint density at radius 3 is 2.46 bits per heavy atom. The van der Waals surface area contributed by atoms with Crippen LogP contribution in [-0.2, 0) is 7.05 Å². The number of hydrogen-bond acceptors (Lipinski definition) is 10. The monoisotopic (exact) mass is 575 g/mol. The molecule has 220 valence electrons. The zero-order valence-corrected chi connectivity index (χ0v) is 22.8. The summed E-state index contributed by atoms with van der Waals surface area (Å²) in [6.07, 6.45) is 4.14. The maximum atomic E-state index is 13.0. The van der Waals surface area contributed by atoms with Crippen LogP contribution in [0.5, 0.6) is 11.8 Å². The topological polar surface area (TPSA) is 146 Å². The van der Waals surface area contributed by atoms with Gasteiger partial charge in [0.25, 0.3) is 5.91 Å². The third-order valence-electron chi connectivity index (χ3n) is 7.04. The second kappa shape index (κ2) is 11.7. The first-order chi connectivity index (χ1) is 19.5. The maximum absolute atomic E-state index is 13.0. The highest BCUT2D eigenvalue weighted by molar-refractivity contribution is 5.91. The van der Waals surface area contributed by atoms with E-state index >= 15 is 0 Å². The number of pyridine rings is 1. The normalized spacial score (nSPS) is 16.9. The number of imidazole rings is 1. The number of nitrogens with one attached hydrogen (secondary N) is 1. The molecule has 15 heteroatoms. The van der Waals surface area contributed by atoms with E-state index < -0.39 is 23.9 Å². The van der Waals surface area contributed by atoms with Gasteiger partial charge in [0.15, 0.2) is 11.6 Å². The van der Waals surface area contributed by atoms with Gasteiger partial charge in [-0.2, -0.15) is 28.1 Å². The minimum Gasteiger partial charge on any atom is -0.489 e. The SMILES string of the molecule is C[C@H](NC(=O)c1nc(OCC2CC2)nc(N2CCC(COc3cc(-c4cn(C)cn4)cnc3N)CC2)n1)C(F)(F)F. The molecule has 0 aromatic carbocycles. The highest BCUT2D eigenvalue weighted by Gasteiger charge is 2.38. The van der Waals surface area contributed by atoms with E-state index in [9.17, 15) is 18.0 Å². The van der Waals surface area contributed by atoms with Gasteiger partial charge < -0.3 is 30.0 Å². The second-order valence-electron chi connectivity index (χ2n) is 10.5. The molecule has 2 aliphatic rings. The van der Waals surface area contributed by atoms with Crippen molar-refractivity contribution in [2.75, 3.05) is 36.9 Å². The van der Waals surface area contributed by atoms with Crippen molar-refractivity contribution in [1.29, 1.82) is 0 Å². The number of aryl methyl sites for hydroxylation is 1. The molecule has 0 unspecified atom stereocenters. The first-order valence-electron chi connectivity index (χ1n) is 13.4.